The van der Waals surface area contributed by atoms with Crippen LogP contribution >= 0.6 is 0 Å². The van der Waals surface area contributed by atoms with Gasteiger partial charge in [-0.05, 0) is 47.7 Å². The van der Waals surface area contributed by atoms with Crippen molar-refractivity contribution in [3.05, 3.63) is 76.4 Å². The molecule has 0 saturated carbocycles. The summed E-state index contributed by atoms with van der Waals surface area (Å²) in [6.07, 6.45) is 2.87. The summed E-state index contributed by atoms with van der Waals surface area (Å²) in [6.45, 7) is 4.37. The molecule has 0 amide bonds. The molecule has 2 aromatic carbocycles. The van der Waals surface area contributed by atoms with Crippen molar-refractivity contribution < 1.29 is 14.3 Å². The molecule has 2 aromatic heterocycles. The number of benzene rings is 2. The van der Waals surface area contributed by atoms with Gasteiger partial charge in [0.1, 0.15) is 16.9 Å². The third kappa shape index (κ3) is 4.24. The SMILES string of the molecule is CCC(O)(CC)c1cnc(NCc2ccc3c(-c4cccc(OC)c4)cc(=O)oc3c2)[nH]1. The lowest BCUT2D eigenvalue weighted by Crippen LogP contribution is -2.23. The first kappa shape index (κ1) is 21.6. The van der Waals surface area contributed by atoms with Gasteiger partial charge in [-0.2, -0.15) is 0 Å². The summed E-state index contributed by atoms with van der Waals surface area (Å²) in [6, 6.07) is 14.9. The quantitative estimate of drug-likeness (QED) is 0.345. The smallest absolute Gasteiger partial charge is 0.336 e. The third-order valence-corrected chi connectivity index (χ3v) is 5.90. The van der Waals surface area contributed by atoms with Crippen molar-refractivity contribution in [2.45, 2.75) is 38.8 Å². The van der Waals surface area contributed by atoms with E-state index in [1.165, 1.54) is 6.07 Å². The van der Waals surface area contributed by atoms with Crippen LogP contribution in [0.2, 0.25) is 0 Å². The highest BCUT2D eigenvalue weighted by Crippen LogP contribution is 2.30. The van der Waals surface area contributed by atoms with E-state index in [9.17, 15) is 9.90 Å². The van der Waals surface area contributed by atoms with E-state index in [1.54, 1.807) is 13.3 Å². The van der Waals surface area contributed by atoms with Crippen molar-refractivity contribution in [2.24, 2.45) is 0 Å². The van der Waals surface area contributed by atoms with E-state index in [-0.39, 0.29) is 0 Å². The van der Waals surface area contributed by atoms with Gasteiger partial charge < -0.3 is 24.6 Å². The van der Waals surface area contributed by atoms with Crippen molar-refractivity contribution in [1.82, 2.24) is 9.97 Å². The van der Waals surface area contributed by atoms with Crippen LogP contribution in [0.3, 0.4) is 0 Å². The van der Waals surface area contributed by atoms with Crippen molar-refractivity contribution in [3.63, 3.8) is 0 Å². The van der Waals surface area contributed by atoms with Crippen LogP contribution in [0.4, 0.5) is 5.95 Å². The Morgan fingerprint density at radius 2 is 1.97 bits per heavy atom. The van der Waals surface area contributed by atoms with E-state index in [4.69, 9.17) is 9.15 Å². The minimum Gasteiger partial charge on any atom is -0.497 e. The fraction of sp³-hybridized carbons (Fsp3) is 0.280. The molecular formula is C25H27N3O4. The Labute approximate surface area is 186 Å². The highest BCUT2D eigenvalue weighted by atomic mass is 16.5. The number of methoxy groups -OCH3 is 1. The monoisotopic (exact) mass is 433 g/mol. The highest BCUT2D eigenvalue weighted by Gasteiger charge is 2.27. The van der Waals surface area contributed by atoms with Gasteiger partial charge in [-0.25, -0.2) is 9.78 Å². The number of fused-ring (bicyclic) bond motifs is 1. The van der Waals surface area contributed by atoms with Gasteiger partial charge in [-0.15, -0.1) is 0 Å². The lowest BCUT2D eigenvalue weighted by atomic mass is 9.94. The number of nitrogens with one attached hydrogen (secondary N) is 2. The molecule has 2 heterocycles. The lowest BCUT2D eigenvalue weighted by molar-refractivity contribution is 0.0245. The van der Waals surface area contributed by atoms with E-state index >= 15 is 0 Å². The molecule has 0 aliphatic heterocycles. The van der Waals surface area contributed by atoms with E-state index in [0.29, 0.717) is 36.6 Å². The van der Waals surface area contributed by atoms with Gasteiger partial charge in [0.25, 0.3) is 0 Å². The van der Waals surface area contributed by atoms with Crippen LogP contribution in [0.25, 0.3) is 22.1 Å². The molecule has 4 aromatic rings. The Hall–Kier alpha value is -3.58. The number of anilines is 1. The van der Waals surface area contributed by atoms with Crippen LogP contribution in [-0.2, 0) is 12.1 Å². The summed E-state index contributed by atoms with van der Waals surface area (Å²) in [5.41, 5.74) is 2.51. The summed E-state index contributed by atoms with van der Waals surface area (Å²) >= 11 is 0. The largest absolute Gasteiger partial charge is 0.497 e. The van der Waals surface area contributed by atoms with Crippen LogP contribution in [0.1, 0.15) is 37.9 Å². The molecule has 7 heteroatoms. The second-order valence-corrected chi connectivity index (χ2v) is 7.78. The van der Waals surface area contributed by atoms with Gasteiger partial charge >= 0.3 is 5.63 Å². The Kier molecular flexibility index (Phi) is 6.01. The average Bonchev–Trinajstić information content (AvgIpc) is 3.31. The molecule has 0 aliphatic carbocycles. The Morgan fingerprint density at radius 1 is 1.16 bits per heavy atom. The number of aromatic amines is 1. The van der Waals surface area contributed by atoms with E-state index < -0.39 is 11.2 Å². The van der Waals surface area contributed by atoms with E-state index in [1.807, 2.05) is 56.3 Å². The van der Waals surface area contributed by atoms with Crippen molar-refractivity contribution >= 4 is 16.9 Å². The van der Waals surface area contributed by atoms with E-state index in [2.05, 4.69) is 15.3 Å². The molecule has 0 fully saturated rings. The number of hydrogen-bond donors (Lipinski definition) is 3. The number of imidazole rings is 1. The Balaban J connectivity index is 1.60. The van der Waals surface area contributed by atoms with Crippen molar-refractivity contribution in [1.29, 1.82) is 0 Å². The van der Waals surface area contributed by atoms with Gasteiger partial charge in [-0.1, -0.05) is 38.1 Å². The summed E-state index contributed by atoms with van der Waals surface area (Å²) < 4.78 is 10.8. The minimum atomic E-state index is -0.907. The second-order valence-electron chi connectivity index (χ2n) is 7.78. The summed E-state index contributed by atoms with van der Waals surface area (Å²) in [7, 11) is 1.61. The first-order valence-electron chi connectivity index (χ1n) is 10.7. The predicted molar refractivity (Wildman–Crippen MR) is 125 cm³/mol. The number of rotatable bonds is 8. The lowest BCUT2D eigenvalue weighted by Gasteiger charge is -2.23. The fourth-order valence-electron chi connectivity index (χ4n) is 3.81. The van der Waals surface area contributed by atoms with Gasteiger partial charge in [0.15, 0.2) is 0 Å². The zero-order chi connectivity index (χ0) is 22.7. The molecule has 0 spiro atoms. The fourth-order valence-corrected chi connectivity index (χ4v) is 3.81. The van der Waals surface area contributed by atoms with Crippen LogP contribution in [-0.4, -0.2) is 22.2 Å². The second kappa shape index (κ2) is 8.88. The topological polar surface area (TPSA) is 100 Å². The molecule has 4 rings (SSSR count). The molecule has 166 valence electrons. The van der Waals surface area contributed by atoms with Gasteiger partial charge in [0.2, 0.25) is 5.95 Å². The molecule has 7 nitrogen and oxygen atoms in total. The first-order valence-corrected chi connectivity index (χ1v) is 10.7. The number of aromatic nitrogens is 2. The molecule has 0 aliphatic rings. The molecule has 0 atom stereocenters. The van der Waals surface area contributed by atoms with Crippen molar-refractivity contribution in [3.8, 4) is 16.9 Å². The normalized spacial score (nSPS) is 11.6. The molecule has 0 bridgehead atoms. The predicted octanol–water partition coefficient (Wildman–Crippen LogP) is 4.81. The molecule has 0 radical (unpaired) electrons. The standard InChI is InChI=1S/C25H27N3O4/c1-4-25(30,5-2)22-15-27-24(28-22)26-14-16-9-10-19-20(13-23(29)32-21(19)11-16)17-7-6-8-18(12-17)31-3/h6-13,15,30H,4-5,14H2,1-3H3,(H2,26,27,28). The van der Waals surface area contributed by atoms with Gasteiger partial charge in [0, 0.05) is 18.0 Å². The number of H-pyrrole nitrogens is 1. The molecule has 3 N–H and O–H groups in total. The maximum atomic E-state index is 12.2. The van der Waals surface area contributed by atoms with Crippen LogP contribution < -0.4 is 15.7 Å². The maximum Gasteiger partial charge on any atom is 0.336 e. The van der Waals surface area contributed by atoms with Crippen LogP contribution in [0.15, 0.2) is 63.9 Å². The maximum absolute atomic E-state index is 12.2. The first-order chi connectivity index (χ1) is 15.5. The number of nitrogens with zero attached hydrogens (tertiary/aromatic N) is 1. The summed E-state index contributed by atoms with van der Waals surface area (Å²) in [5.74, 6) is 1.30. The van der Waals surface area contributed by atoms with Crippen LogP contribution in [0, 0.1) is 0 Å². The number of aliphatic hydroxyl groups is 1. The molecular weight excluding hydrogens is 406 g/mol. The summed E-state index contributed by atoms with van der Waals surface area (Å²) in [5, 5.41) is 14.7. The van der Waals surface area contributed by atoms with Crippen LogP contribution in [0.5, 0.6) is 5.75 Å². The Morgan fingerprint density at radius 3 is 2.72 bits per heavy atom. The van der Waals surface area contributed by atoms with Gasteiger partial charge in [-0.3, -0.25) is 0 Å². The summed E-state index contributed by atoms with van der Waals surface area (Å²) in [4.78, 5) is 19.7. The zero-order valence-corrected chi connectivity index (χ0v) is 18.4. The van der Waals surface area contributed by atoms with Crippen molar-refractivity contribution in [2.75, 3.05) is 12.4 Å². The molecule has 32 heavy (non-hydrogen) atoms. The van der Waals surface area contributed by atoms with E-state index in [0.717, 1.165) is 27.8 Å². The molecule has 0 unspecified atom stereocenters. The van der Waals surface area contributed by atoms with Gasteiger partial charge in [0.05, 0.1) is 19.0 Å². The third-order valence-electron chi connectivity index (χ3n) is 5.90. The molecule has 0 saturated heterocycles. The average molecular weight is 434 g/mol. The highest BCUT2D eigenvalue weighted by molar-refractivity contribution is 5.93. The Bertz CT molecular complexity index is 1290. The zero-order valence-electron chi connectivity index (χ0n) is 18.4. The number of hydrogen-bond acceptors (Lipinski definition) is 6. The number of ether oxygens (including phenoxy) is 1. The minimum absolute atomic E-state index is 0.408.